The van der Waals surface area contributed by atoms with E-state index in [1.165, 1.54) is 0 Å². The molecule has 3 N–H and O–H groups in total. The maximum absolute atomic E-state index is 5.59. The highest BCUT2D eigenvalue weighted by Gasteiger charge is 2.13. The Morgan fingerprint density at radius 1 is 1.44 bits per heavy atom. The molecule has 0 radical (unpaired) electrons. The smallest absolute Gasteiger partial charge is 0.193 e. The van der Waals surface area contributed by atoms with E-state index in [1.54, 1.807) is 23.7 Å². The molecule has 1 unspecified atom stereocenters. The van der Waals surface area contributed by atoms with Crippen molar-refractivity contribution in [1.82, 2.24) is 25.0 Å². The van der Waals surface area contributed by atoms with Crippen LogP contribution < -0.4 is 11.3 Å². The first-order valence-electron chi connectivity index (χ1n) is 5.50. The molecule has 0 saturated carbocycles. The minimum absolute atomic E-state index is 0.00916. The Bertz CT molecular complexity index is 603. The third-order valence-electron chi connectivity index (χ3n) is 2.77. The molecule has 18 heavy (non-hydrogen) atoms. The van der Waals surface area contributed by atoms with Crippen LogP contribution in [0.3, 0.4) is 0 Å². The first-order chi connectivity index (χ1) is 8.86. The Hall–Kier alpha value is -1.83. The van der Waals surface area contributed by atoms with Crippen molar-refractivity contribution in [3.63, 3.8) is 0 Å². The standard InChI is InChI=1S/C11H12N6S/c12-16-10(8-1-2-13-14-6-8)5-9-7-17-3-4-18-11(17)15-9/h1-4,6-7,10,16H,5,12H2. The minimum atomic E-state index is -0.00916. The number of nitrogens with one attached hydrogen (secondary N) is 1. The average Bonchev–Trinajstić information content (AvgIpc) is 2.97. The van der Waals surface area contributed by atoms with Gasteiger partial charge in [0.05, 0.1) is 17.9 Å². The SMILES string of the molecule is NNC(Cc1cn2ccsc2n1)c1ccnnc1. The van der Waals surface area contributed by atoms with Crippen LogP contribution in [0.4, 0.5) is 0 Å². The zero-order valence-corrected chi connectivity index (χ0v) is 10.3. The second-order valence-corrected chi connectivity index (χ2v) is 4.80. The summed E-state index contributed by atoms with van der Waals surface area (Å²) in [5.41, 5.74) is 4.79. The van der Waals surface area contributed by atoms with Crippen molar-refractivity contribution in [2.24, 2.45) is 5.84 Å². The molecule has 0 amide bonds. The number of aromatic nitrogens is 4. The molecule has 0 aliphatic carbocycles. The minimum Gasteiger partial charge on any atom is -0.297 e. The van der Waals surface area contributed by atoms with Crippen molar-refractivity contribution in [1.29, 1.82) is 0 Å². The highest BCUT2D eigenvalue weighted by Crippen LogP contribution is 2.18. The Labute approximate surface area is 107 Å². The Balaban J connectivity index is 1.84. The summed E-state index contributed by atoms with van der Waals surface area (Å²) >= 11 is 1.62. The molecule has 7 heteroatoms. The summed E-state index contributed by atoms with van der Waals surface area (Å²) in [5, 5.41) is 9.63. The van der Waals surface area contributed by atoms with Crippen LogP contribution in [0.15, 0.2) is 36.2 Å². The molecule has 0 saturated heterocycles. The zero-order valence-electron chi connectivity index (χ0n) is 9.52. The lowest BCUT2D eigenvalue weighted by atomic mass is 10.1. The van der Waals surface area contributed by atoms with E-state index in [9.17, 15) is 0 Å². The fourth-order valence-corrected chi connectivity index (χ4v) is 2.58. The van der Waals surface area contributed by atoms with Crippen molar-refractivity contribution in [3.05, 3.63) is 47.5 Å². The Morgan fingerprint density at radius 3 is 3.11 bits per heavy atom. The number of hydrogen-bond acceptors (Lipinski definition) is 6. The van der Waals surface area contributed by atoms with Crippen molar-refractivity contribution in [2.75, 3.05) is 0 Å². The van der Waals surface area contributed by atoms with Gasteiger partial charge in [-0.25, -0.2) is 4.98 Å². The molecule has 1 atom stereocenters. The monoisotopic (exact) mass is 260 g/mol. The third kappa shape index (κ3) is 2.10. The van der Waals surface area contributed by atoms with E-state index in [0.717, 1.165) is 22.6 Å². The number of thiazole rings is 1. The van der Waals surface area contributed by atoms with Crippen molar-refractivity contribution < 1.29 is 0 Å². The predicted octanol–water partition coefficient (Wildman–Crippen LogP) is 0.933. The number of nitrogens with two attached hydrogens (primary N) is 1. The summed E-state index contributed by atoms with van der Waals surface area (Å²) in [6, 6.07) is 1.89. The maximum Gasteiger partial charge on any atom is 0.193 e. The average molecular weight is 260 g/mol. The Morgan fingerprint density at radius 2 is 2.39 bits per heavy atom. The van der Waals surface area contributed by atoms with Gasteiger partial charge in [0.1, 0.15) is 0 Å². The highest BCUT2D eigenvalue weighted by atomic mass is 32.1. The first kappa shape index (κ1) is 11.3. The van der Waals surface area contributed by atoms with Crippen LogP contribution in [0.2, 0.25) is 0 Å². The van der Waals surface area contributed by atoms with Gasteiger partial charge in [-0.05, 0) is 11.6 Å². The van der Waals surface area contributed by atoms with Crippen molar-refractivity contribution in [3.8, 4) is 0 Å². The molecule has 3 rings (SSSR count). The van der Waals surface area contributed by atoms with E-state index in [0.29, 0.717) is 0 Å². The molecule has 3 heterocycles. The van der Waals surface area contributed by atoms with Crippen LogP contribution in [-0.2, 0) is 6.42 Å². The van der Waals surface area contributed by atoms with Gasteiger partial charge in [-0.2, -0.15) is 10.2 Å². The van der Waals surface area contributed by atoms with E-state index in [4.69, 9.17) is 5.84 Å². The topological polar surface area (TPSA) is 81.1 Å². The molecule has 0 bridgehead atoms. The van der Waals surface area contributed by atoms with E-state index in [-0.39, 0.29) is 6.04 Å². The number of hydrogen-bond donors (Lipinski definition) is 2. The van der Waals surface area contributed by atoms with Crippen LogP contribution in [0.25, 0.3) is 4.96 Å². The number of imidazole rings is 1. The largest absolute Gasteiger partial charge is 0.297 e. The molecular formula is C11H12N6S. The summed E-state index contributed by atoms with van der Waals surface area (Å²) in [5.74, 6) is 5.59. The second kappa shape index (κ2) is 4.81. The van der Waals surface area contributed by atoms with Gasteiger partial charge < -0.3 is 0 Å². The fraction of sp³-hybridized carbons (Fsp3) is 0.182. The lowest BCUT2D eigenvalue weighted by molar-refractivity contribution is 0.544. The van der Waals surface area contributed by atoms with Crippen molar-refractivity contribution >= 4 is 16.3 Å². The number of hydrazine groups is 1. The molecule has 0 aromatic carbocycles. The zero-order chi connectivity index (χ0) is 12.4. The van der Waals surface area contributed by atoms with Gasteiger partial charge in [0.15, 0.2) is 4.96 Å². The Kier molecular flexibility index (Phi) is 3.01. The summed E-state index contributed by atoms with van der Waals surface area (Å²) in [4.78, 5) is 5.53. The molecule has 0 aliphatic rings. The van der Waals surface area contributed by atoms with Gasteiger partial charge in [0, 0.05) is 30.4 Å². The molecule has 0 spiro atoms. The summed E-state index contributed by atoms with van der Waals surface area (Å²) in [7, 11) is 0. The number of nitrogens with zero attached hydrogens (tertiary/aromatic N) is 4. The summed E-state index contributed by atoms with van der Waals surface area (Å²) in [6.07, 6.45) is 8.10. The van der Waals surface area contributed by atoms with E-state index in [2.05, 4.69) is 20.6 Å². The molecule has 92 valence electrons. The number of rotatable bonds is 4. The second-order valence-electron chi connectivity index (χ2n) is 3.92. The number of fused-ring (bicyclic) bond motifs is 1. The van der Waals surface area contributed by atoms with Gasteiger partial charge in [0.2, 0.25) is 0 Å². The van der Waals surface area contributed by atoms with Crippen LogP contribution in [0, 0.1) is 0 Å². The van der Waals surface area contributed by atoms with Crippen LogP contribution in [0.1, 0.15) is 17.3 Å². The van der Waals surface area contributed by atoms with E-state index >= 15 is 0 Å². The van der Waals surface area contributed by atoms with Gasteiger partial charge in [0.25, 0.3) is 0 Å². The maximum atomic E-state index is 5.59. The van der Waals surface area contributed by atoms with Crippen molar-refractivity contribution in [2.45, 2.75) is 12.5 Å². The molecule has 6 nitrogen and oxygen atoms in total. The fourth-order valence-electron chi connectivity index (χ4n) is 1.86. The van der Waals surface area contributed by atoms with Gasteiger partial charge in [-0.3, -0.25) is 15.7 Å². The van der Waals surface area contributed by atoms with Crippen LogP contribution in [0.5, 0.6) is 0 Å². The summed E-state index contributed by atoms with van der Waals surface area (Å²) in [6.45, 7) is 0. The lowest BCUT2D eigenvalue weighted by Gasteiger charge is -2.13. The van der Waals surface area contributed by atoms with Gasteiger partial charge in [-0.1, -0.05) is 0 Å². The first-order valence-corrected chi connectivity index (χ1v) is 6.38. The van der Waals surface area contributed by atoms with E-state index < -0.39 is 0 Å². The highest BCUT2D eigenvalue weighted by molar-refractivity contribution is 7.15. The van der Waals surface area contributed by atoms with E-state index in [1.807, 2.05) is 28.2 Å². The third-order valence-corrected chi connectivity index (χ3v) is 3.54. The quantitative estimate of drug-likeness (QED) is 0.539. The summed E-state index contributed by atoms with van der Waals surface area (Å²) < 4.78 is 2.01. The normalized spacial score (nSPS) is 12.9. The van der Waals surface area contributed by atoms with Crippen LogP contribution in [-0.4, -0.2) is 19.6 Å². The molecular weight excluding hydrogens is 248 g/mol. The molecule has 0 fully saturated rings. The lowest BCUT2D eigenvalue weighted by Crippen LogP contribution is -2.29. The molecule has 0 aliphatic heterocycles. The predicted molar refractivity (Wildman–Crippen MR) is 68.9 cm³/mol. The molecule has 3 aromatic rings. The van der Waals surface area contributed by atoms with Gasteiger partial charge >= 0.3 is 0 Å². The molecule has 3 aromatic heterocycles. The van der Waals surface area contributed by atoms with Gasteiger partial charge in [-0.15, -0.1) is 11.3 Å². The van der Waals surface area contributed by atoms with Crippen LogP contribution >= 0.6 is 11.3 Å².